The second kappa shape index (κ2) is 4.15. The number of para-hydroxylation sites is 1. The Morgan fingerprint density at radius 1 is 1.36 bits per heavy atom. The van der Waals surface area contributed by atoms with Gasteiger partial charge >= 0.3 is 0 Å². The van der Waals surface area contributed by atoms with Crippen molar-refractivity contribution in [3.05, 3.63) is 30.5 Å². The van der Waals surface area contributed by atoms with Crippen LogP contribution in [-0.4, -0.2) is 12.1 Å². The number of hydrogen-bond donors (Lipinski definition) is 1. The zero-order chi connectivity index (χ0) is 9.26. The molecule has 0 aliphatic rings. The number of methoxy groups -OCH3 is 1. The number of rotatable bonds is 1. The molecular formula is C10H11ClN2O. The molecule has 2 rings (SSSR count). The van der Waals surface area contributed by atoms with Crippen molar-refractivity contribution in [1.29, 1.82) is 0 Å². The van der Waals surface area contributed by atoms with Gasteiger partial charge in [0.05, 0.1) is 19.0 Å². The Balaban J connectivity index is 0.000000980. The molecule has 1 aromatic heterocycles. The highest BCUT2D eigenvalue weighted by Gasteiger charge is 2.01. The van der Waals surface area contributed by atoms with E-state index in [-0.39, 0.29) is 12.4 Å². The summed E-state index contributed by atoms with van der Waals surface area (Å²) >= 11 is 0. The molecule has 0 atom stereocenters. The number of fused-ring (bicyclic) bond motifs is 1. The Kier molecular flexibility index (Phi) is 3.14. The number of halogens is 1. The molecule has 3 nitrogen and oxygen atoms in total. The maximum atomic E-state index is 5.61. The Labute approximate surface area is 88.3 Å². The third kappa shape index (κ3) is 1.72. The SMILES string of the molecule is COc1cccc2cc(N)cnc12.Cl. The van der Waals surface area contributed by atoms with E-state index in [2.05, 4.69) is 4.98 Å². The molecule has 0 amide bonds. The topological polar surface area (TPSA) is 48.1 Å². The van der Waals surface area contributed by atoms with E-state index >= 15 is 0 Å². The second-order valence-corrected chi connectivity index (χ2v) is 2.80. The van der Waals surface area contributed by atoms with Crippen LogP contribution in [0.1, 0.15) is 0 Å². The maximum Gasteiger partial charge on any atom is 0.145 e. The molecule has 1 heterocycles. The molecule has 0 bridgehead atoms. The molecule has 0 aliphatic heterocycles. The van der Waals surface area contributed by atoms with Crippen molar-refractivity contribution < 1.29 is 4.74 Å². The number of hydrogen-bond acceptors (Lipinski definition) is 3. The molecule has 0 saturated heterocycles. The van der Waals surface area contributed by atoms with E-state index in [1.807, 2.05) is 24.3 Å². The Morgan fingerprint density at radius 3 is 2.86 bits per heavy atom. The van der Waals surface area contributed by atoms with Crippen LogP contribution in [0.5, 0.6) is 5.75 Å². The predicted octanol–water partition coefficient (Wildman–Crippen LogP) is 2.25. The van der Waals surface area contributed by atoms with E-state index in [1.54, 1.807) is 13.3 Å². The Bertz CT molecular complexity index is 445. The lowest BCUT2D eigenvalue weighted by atomic mass is 10.2. The first-order valence-electron chi connectivity index (χ1n) is 3.99. The van der Waals surface area contributed by atoms with Crippen molar-refractivity contribution in [1.82, 2.24) is 4.98 Å². The van der Waals surface area contributed by atoms with Gasteiger partial charge in [0.1, 0.15) is 11.3 Å². The van der Waals surface area contributed by atoms with Crippen molar-refractivity contribution in [3.63, 3.8) is 0 Å². The van der Waals surface area contributed by atoms with Gasteiger partial charge in [0.2, 0.25) is 0 Å². The normalized spacial score (nSPS) is 9.50. The number of benzene rings is 1. The first-order valence-corrected chi connectivity index (χ1v) is 3.99. The minimum atomic E-state index is 0. The highest BCUT2D eigenvalue weighted by molar-refractivity contribution is 5.86. The standard InChI is InChI=1S/C10H10N2O.ClH/c1-13-9-4-2-3-7-5-8(11)6-12-10(7)9;/h2-6H,11H2,1H3;1H. The zero-order valence-corrected chi connectivity index (χ0v) is 8.54. The molecule has 0 fully saturated rings. The van der Waals surface area contributed by atoms with E-state index in [4.69, 9.17) is 10.5 Å². The van der Waals surface area contributed by atoms with Crippen LogP contribution in [0.3, 0.4) is 0 Å². The van der Waals surface area contributed by atoms with Crippen molar-refractivity contribution >= 4 is 29.0 Å². The van der Waals surface area contributed by atoms with E-state index in [0.29, 0.717) is 5.69 Å². The monoisotopic (exact) mass is 210 g/mol. The van der Waals surface area contributed by atoms with Gasteiger partial charge in [0.15, 0.2) is 0 Å². The van der Waals surface area contributed by atoms with Gasteiger partial charge in [-0.3, -0.25) is 4.98 Å². The fourth-order valence-corrected chi connectivity index (χ4v) is 1.31. The highest BCUT2D eigenvalue weighted by Crippen LogP contribution is 2.23. The maximum absolute atomic E-state index is 5.61. The van der Waals surface area contributed by atoms with E-state index < -0.39 is 0 Å². The van der Waals surface area contributed by atoms with Crippen molar-refractivity contribution in [3.8, 4) is 5.75 Å². The van der Waals surface area contributed by atoms with Crippen LogP contribution in [0.4, 0.5) is 5.69 Å². The summed E-state index contributed by atoms with van der Waals surface area (Å²) < 4.78 is 5.16. The third-order valence-electron chi connectivity index (χ3n) is 1.92. The van der Waals surface area contributed by atoms with Crippen LogP contribution in [0.15, 0.2) is 30.5 Å². The molecule has 14 heavy (non-hydrogen) atoms. The fourth-order valence-electron chi connectivity index (χ4n) is 1.31. The van der Waals surface area contributed by atoms with Gasteiger partial charge in [0, 0.05) is 5.39 Å². The van der Waals surface area contributed by atoms with Crippen LogP contribution in [-0.2, 0) is 0 Å². The van der Waals surface area contributed by atoms with Gasteiger partial charge in [-0.2, -0.15) is 0 Å². The number of anilines is 1. The summed E-state index contributed by atoms with van der Waals surface area (Å²) in [6.45, 7) is 0. The molecule has 0 radical (unpaired) electrons. The third-order valence-corrected chi connectivity index (χ3v) is 1.92. The average Bonchev–Trinajstić information content (AvgIpc) is 2.16. The molecule has 0 spiro atoms. The predicted molar refractivity (Wildman–Crippen MR) is 60.0 cm³/mol. The molecule has 0 unspecified atom stereocenters. The molecule has 2 aromatic rings. The average molecular weight is 211 g/mol. The van der Waals surface area contributed by atoms with Gasteiger partial charge in [-0.05, 0) is 12.1 Å². The van der Waals surface area contributed by atoms with E-state index in [9.17, 15) is 0 Å². The molecule has 74 valence electrons. The number of nitrogens with zero attached hydrogens (tertiary/aromatic N) is 1. The number of aromatic nitrogens is 1. The Hall–Kier alpha value is -1.48. The van der Waals surface area contributed by atoms with Gasteiger partial charge in [0.25, 0.3) is 0 Å². The van der Waals surface area contributed by atoms with E-state index in [0.717, 1.165) is 16.7 Å². The first-order chi connectivity index (χ1) is 6.31. The summed E-state index contributed by atoms with van der Waals surface area (Å²) in [7, 11) is 1.63. The minimum Gasteiger partial charge on any atom is -0.494 e. The van der Waals surface area contributed by atoms with Gasteiger partial charge < -0.3 is 10.5 Å². The van der Waals surface area contributed by atoms with Crippen molar-refractivity contribution in [2.45, 2.75) is 0 Å². The smallest absolute Gasteiger partial charge is 0.145 e. The molecule has 0 saturated carbocycles. The van der Waals surface area contributed by atoms with Crippen LogP contribution < -0.4 is 10.5 Å². The number of nitrogens with two attached hydrogens (primary N) is 1. The van der Waals surface area contributed by atoms with Gasteiger partial charge in [-0.15, -0.1) is 12.4 Å². The zero-order valence-electron chi connectivity index (χ0n) is 7.73. The number of pyridine rings is 1. The summed E-state index contributed by atoms with van der Waals surface area (Å²) in [5.74, 6) is 0.775. The summed E-state index contributed by atoms with van der Waals surface area (Å²) in [6.07, 6.45) is 1.63. The van der Waals surface area contributed by atoms with Crippen LogP contribution >= 0.6 is 12.4 Å². The minimum absolute atomic E-state index is 0. The summed E-state index contributed by atoms with van der Waals surface area (Å²) in [4.78, 5) is 4.20. The number of nitrogen functional groups attached to an aromatic ring is 1. The van der Waals surface area contributed by atoms with E-state index in [1.165, 1.54) is 0 Å². The molecule has 0 aliphatic carbocycles. The Morgan fingerprint density at radius 2 is 2.14 bits per heavy atom. The van der Waals surface area contributed by atoms with Gasteiger partial charge in [-0.25, -0.2) is 0 Å². The quantitative estimate of drug-likeness (QED) is 0.786. The molecule has 4 heteroatoms. The summed E-state index contributed by atoms with van der Waals surface area (Å²) in [6, 6.07) is 7.64. The fraction of sp³-hybridized carbons (Fsp3) is 0.100. The van der Waals surface area contributed by atoms with Crippen LogP contribution in [0.25, 0.3) is 10.9 Å². The van der Waals surface area contributed by atoms with Crippen LogP contribution in [0.2, 0.25) is 0 Å². The van der Waals surface area contributed by atoms with Crippen LogP contribution in [0, 0.1) is 0 Å². The summed E-state index contributed by atoms with van der Waals surface area (Å²) in [5.41, 5.74) is 7.13. The number of ether oxygens (including phenoxy) is 1. The molecule has 2 N–H and O–H groups in total. The lowest BCUT2D eigenvalue weighted by Crippen LogP contribution is -1.90. The van der Waals surface area contributed by atoms with Crippen molar-refractivity contribution in [2.24, 2.45) is 0 Å². The summed E-state index contributed by atoms with van der Waals surface area (Å²) in [5, 5.41) is 0.999. The molecular weight excluding hydrogens is 200 g/mol. The second-order valence-electron chi connectivity index (χ2n) is 2.80. The lowest BCUT2D eigenvalue weighted by Gasteiger charge is -2.03. The molecule has 1 aromatic carbocycles. The highest BCUT2D eigenvalue weighted by atomic mass is 35.5. The van der Waals surface area contributed by atoms with Gasteiger partial charge in [-0.1, -0.05) is 12.1 Å². The largest absolute Gasteiger partial charge is 0.494 e. The van der Waals surface area contributed by atoms with Crippen molar-refractivity contribution in [2.75, 3.05) is 12.8 Å². The lowest BCUT2D eigenvalue weighted by molar-refractivity contribution is 0.419. The first kappa shape index (κ1) is 10.6.